The van der Waals surface area contributed by atoms with E-state index in [-0.39, 0.29) is 17.2 Å². The van der Waals surface area contributed by atoms with Gasteiger partial charge >= 0.3 is 12.4 Å². The van der Waals surface area contributed by atoms with Gasteiger partial charge in [-0.05, 0) is 37.1 Å². The minimum atomic E-state index is -4.94. The van der Waals surface area contributed by atoms with E-state index in [2.05, 4.69) is 0 Å². The third kappa shape index (κ3) is 3.32. The molecular formula is C13H9F6N. The number of hydrogen-bond acceptors (Lipinski definition) is 1. The molecule has 0 saturated carbocycles. The standard InChI is InChI=1S/C13H9F6N/c1-7(6-20)8(2)10-4-3-9(12(14,15)16)5-11(10)13(17,18)19/h3-5H,1-2H3/b8-7-. The van der Waals surface area contributed by atoms with Gasteiger partial charge in [-0.25, -0.2) is 0 Å². The Labute approximate surface area is 111 Å². The third-order valence-corrected chi connectivity index (χ3v) is 2.79. The minimum Gasteiger partial charge on any atom is -0.193 e. The number of allylic oxidation sites excluding steroid dienone is 2. The number of benzene rings is 1. The summed E-state index contributed by atoms with van der Waals surface area (Å²) in [7, 11) is 0. The van der Waals surface area contributed by atoms with Crippen molar-refractivity contribution in [1.82, 2.24) is 0 Å². The molecule has 0 unspecified atom stereocenters. The molecule has 7 heteroatoms. The van der Waals surface area contributed by atoms with Crippen molar-refractivity contribution in [2.45, 2.75) is 26.2 Å². The number of rotatable bonds is 1. The van der Waals surface area contributed by atoms with Gasteiger partial charge in [0.2, 0.25) is 0 Å². The second-order valence-electron chi connectivity index (χ2n) is 4.12. The molecule has 0 bridgehead atoms. The van der Waals surface area contributed by atoms with Crippen molar-refractivity contribution in [3.05, 3.63) is 40.5 Å². The minimum absolute atomic E-state index is 0.00597. The first kappa shape index (κ1) is 16.1. The molecule has 0 N–H and O–H groups in total. The largest absolute Gasteiger partial charge is 0.417 e. The van der Waals surface area contributed by atoms with Gasteiger partial charge < -0.3 is 0 Å². The first-order chi connectivity index (χ1) is 8.98. The van der Waals surface area contributed by atoms with E-state index in [1.54, 1.807) is 6.07 Å². The second kappa shape index (κ2) is 5.19. The van der Waals surface area contributed by atoms with Gasteiger partial charge in [0.1, 0.15) is 0 Å². The summed E-state index contributed by atoms with van der Waals surface area (Å²) in [6.07, 6.45) is -9.80. The lowest BCUT2D eigenvalue weighted by Gasteiger charge is -2.16. The summed E-state index contributed by atoms with van der Waals surface area (Å²) in [5.74, 6) is 0. The van der Waals surface area contributed by atoms with Crippen LogP contribution in [0.15, 0.2) is 23.8 Å². The number of alkyl halides is 6. The number of hydrogen-bond donors (Lipinski definition) is 0. The molecule has 1 nitrogen and oxygen atoms in total. The molecule has 0 aliphatic carbocycles. The summed E-state index contributed by atoms with van der Waals surface area (Å²) in [4.78, 5) is 0. The SMILES string of the molecule is C/C(C#N)=C(\C)c1ccc(C(F)(F)F)cc1C(F)(F)F. The molecular weight excluding hydrogens is 284 g/mol. The van der Waals surface area contributed by atoms with Crippen molar-refractivity contribution in [2.24, 2.45) is 0 Å². The topological polar surface area (TPSA) is 23.8 Å². The summed E-state index contributed by atoms with van der Waals surface area (Å²) in [5.41, 5.74) is -3.20. The van der Waals surface area contributed by atoms with Gasteiger partial charge in [0, 0.05) is 5.57 Å². The highest BCUT2D eigenvalue weighted by atomic mass is 19.4. The first-order valence-corrected chi connectivity index (χ1v) is 5.35. The predicted octanol–water partition coefficient (Wildman–Crippen LogP) is 5.04. The lowest BCUT2D eigenvalue weighted by atomic mass is 9.95. The van der Waals surface area contributed by atoms with E-state index < -0.39 is 29.0 Å². The van der Waals surface area contributed by atoms with E-state index >= 15 is 0 Å². The van der Waals surface area contributed by atoms with Crippen molar-refractivity contribution >= 4 is 5.57 Å². The summed E-state index contributed by atoms with van der Waals surface area (Å²) in [6.45, 7) is 2.56. The van der Waals surface area contributed by atoms with E-state index in [4.69, 9.17) is 5.26 Å². The van der Waals surface area contributed by atoms with E-state index in [1.807, 2.05) is 0 Å². The fraction of sp³-hybridized carbons (Fsp3) is 0.308. The van der Waals surface area contributed by atoms with Crippen molar-refractivity contribution < 1.29 is 26.3 Å². The second-order valence-corrected chi connectivity index (χ2v) is 4.12. The highest BCUT2D eigenvalue weighted by Crippen LogP contribution is 2.39. The van der Waals surface area contributed by atoms with Crippen LogP contribution in [-0.4, -0.2) is 0 Å². The van der Waals surface area contributed by atoms with Crippen LogP contribution in [0.4, 0.5) is 26.3 Å². The number of halogens is 6. The lowest BCUT2D eigenvalue weighted by Crippen LogP contribution is -2.13. The third-order valence-electron chi connectivity index (χ3n) is 2.79. The maximum atomic E-state index is 12.9. The Kier molecular flexibility index (Phi) is 4.18. The van der Waals surface area contributed by atoms with Crippen LogP contribution in [0.5, 0.6) is 0 Å². The van der Waals surface area contributed by atoms with E-state index in [1.165, 1.54) is 13.8 Å². The zero-order chi connectivity index (χ0) is 15.7. The molecule has 0 saturated heterocycles. The van der Waals surface area contributed by atoms with Crippen LogP contribution in [0.25, 0.3) is 5.57 Å². The van der Waals surface area contributed by atoms with Crippen LogP contribution in [0.3, 0.4) is 0 Å². The van der Waals surface area contributed by atoms with Crippen LogP contribution in [0.2, 0.25) is 0 Å². The van der Waals surface area contributed by atoms with Gasteiger partial charge in [-0.1, -0.05) is 6.07 Å². The Balaban J connectivity index is 3.61. The molecule has 108 valence electrons. The molecule has 0 heterocycles. The number of nitriles is 1. The summed E-state index contributed by atoms with van der Waals surface area (Å²) >= 11 is 0. The monoisotopic (exact) mass is 293 g/mol. The molecule has 0 atom stereocenters. The van der Waals surface area contributed by atoms with E-state index in [0.717, 1.165) is 6.07 Å². The zero-order valence-electron chi connectivity index (χ0n) is 10.4. The average Bonchev–Trinajstić information content (AvgIpc) is 2.34. The zero-order valence-corrected chi connectivity index (χ0v) is 10.4. The first-order valence-electron chi connectivity index (χ1n) is 5.35. The van der Waals surface area contributed by atoms with Crippen LogP contribution < -0.4 is 0 Å². The Morgan fingerprint density at radius 2 is 1.55 bits per heavy atom. The molecule has 0 spiro atoms. The highest BCUT2D eigenvalue weighted by molar-refractivity contribution is 5.72. The molecule has 0 aliphatic heterocycles. The average molecular weight is 293 g/mol. The normalized spacial score (nSPS) is 13.8. The fourth-order valence-corrected chi connectivity index (χ4v) is 1.57. The molecule has 0 aliphatic rings. The van der Waals surface area contributed by atoms with Crippen LogP contribution in [0, 0.1) is 11.3 Å². The number of nitrogens with zero attached hydrogens (tertiary/aromatic N) is 1. The molecule has 20 heavy (non-hydrogen) atoms. The van der Waals surface area contributed by atoms with Gasteiger partial charge in [-0.2, -0.15) is 31.6 Å². The van der Waals surface area contributed by atoms with Gasteiger partial charge in [0.25, 0.3) is 0 Å². The Morgan fingerprint density at radius 1 is 1.00 bits per heavy atom. The Bertz CT molecular complexity index is 586. The summed E-state index contributed by atoms with van der Waals surface area (Å²) < 4.78 is 76.1. The Morgan fingerprint density at radius 3 is 1.95 bits per heavy atom. The molecule has 1 rings (SSSR count). The maximum Gasteiger partial charge on any atom is 0.417 e. The van der Waals surface area contributed by atoms with E-state index in [0.29, 0.717) is 6.07 Å². The van der Waals surface area contributed by atoms with E-state index in [9.17, 15) is 26.3 Å². The van der Waals surface area contributed by atoms with Crippen LogP contribution in [-0.2, 0) is 12.4 Å². The van der Waals surface area contributed by atoms with Gasteiger partial charge in [0.05, 0.1) is 17.2 Å². The summed E-state index contributed by atoms with van der Waals surface area (Å²) in [5, 5.41) is 8.67. The van der Waals surface area contributed by atoms with Crippen molar-refractivity contribution in [3.63, 3.8) is 0 Å². The maximum absolute atomic E-state index is 12.9. The quantitative estimate of drug-likeness (QED) is 0.525. The summed E-state index contributed by atoms with van der Waals surface area (Å²) in [6, 6.07) is 3.04. The smallest absolute Gasteiger partial charge is 0.193 e. The molecule has 0 fully saturated rings. The molecule has 1 aromatic rings. The lowest BCUT2D eigenvalue weighted by molar-refractivity contribution is -0.143. The molecule has 0 aromatic heterocycles. The van der Waals surface area contributed by atoms with Gasteiger partial charge in [-0.15, -0.1) is 0 Å². The predicted molar refractivity (Wildman–Crippen MR) is 60.3 cm³/mol. The van der Waals surface area contributed by atoms with Crippen molar-refractivity contribution in [3.8, 4) is 6.07 Å². The fourth-order valence-electron chi connectivity index (χ4n) is 1.57. The molecule has 1 aromatic carbocycles. The highest BCUT2D eigenvalue weighted by Gasteiger charge is 2.38. The van der Waals surface area contributed by atoms with Crippen molar-refractivity contribution in [2.75, 3.05) is 0 Å². The molecule has 0 radical (unpaired) electrons. The molecule has 0 amide bonds. The van der Waals surface area contributed by atoms with Gasteiger partial charge in [-0.3, -0.25) is 0 Å². The van der Waals surface area contributed by atoms with Gasteiger partial charge in [0.15, 0.2) is 0 Å². The van der Waals surface area contributed by atoms with Crippen LogP contribution in [0.1, 0.15) is 30.5 Å². The Hall–Kier alpha value is -1.97. The van der Waals surface area contributed by atoms with Crippen molar-refractivity contribution in [1.29, 1.82) is 5.26 Å². The van der Waals surface area contributed by atoms with Crippen LogP contribution >= 0.6 is 0 Å².